The molecule has 0 radical (unpaired) electrons. The highest BCUT2D eigenvalue weighted by atomic mass is 35.5. The highest BCUT2D eigenvalue weighted by Gasteiger charge is 2.11. The van der Waals surface area contributed by atoms with E-state index in [-0.39, 0.29) is 6.61 Å². The number of nitrogens with zero attached hydrogens (tertiary/aromatic N) is 1. The average molecular weight is 322 g/mol. The summed E-state index contributed by atoms with van der Waals surface area (Å²) in [4.78, 5) is 0. The van der Waals surface area contributed by atoms with Crippen molar-refractivity contribution in [1.29, 1.82) is 5.26 Å². The van der Waals surface area contributed by atoms with Crippen molar-refractivity contribution in [2.45, 2.75) is 19.6 Å². The summed E-state index contributed by atoms with van der Waals surface area (Å²) >= 11 is 12.0. The van der Waals surface area contributed by atoms with Crippen molar-refractivity contribution in [3.8, 4) is 11.8 Å². The molecule has 1 N–H and O–H groups in total. The second kappa shape index (κ2) is 6.82. The Morgan fingerprint density at radius 2 is 2.00 bits per heavy atom. The highest BCUT2D eigenvalue weighted by Crippen LogP contribution is 2.29. The van der Waals surface area contributed by atoms with Crippen molar-refractivity contribution in [2.75, 3.05) is 0 Å². The molecule has 0 bridgehead atoms. The van der Waals surface area contributed by atoms with Crippen molar-refractivity contribution >= 4 is 23.2 Å². The molecule has 0 aliphatic heterocycles. The van der Waals surface area contributed by atoms with Gasteiger partial charge < -0.3 is 9.84 Å². The van der Waals surface area contributed by atoms with E-state index >= 15 is 0 Å². The van der Waals surface area contributed by atoms with E-state index in [0.717, 1.165) is 5.56 Å². The molecule has 0 spiro atoms. The molecule has 0 aliphatic rings. The number of benzene rings is 2. The Kier molecular flexibility index (Phi) is 5.08. The Bertz CT molecular complexity index is 693. The molecule has 1 atom stereocenters. The van der Waals surface area contributed by atoms with Gasteiger partial charge in [0, 0.05) is 21.2 Å². The Labute approximate surface area is 133 Å². The van der Waals surface area contributed by atoms with Gasteiger partial charge in [-0.15, -0.1) is 0 Å². The van der Waals surface area contributed by atoms with Crippen LogP contribution >= 0.6 is 23.2 Å². The lowest BCUT2D eigenvalue weighted by Crippen LogP contribution is -2.01. The normalized spacial score (nSPS) is 11.8. The zero-order valence-corrected chi connectivity index (χ0v) is 12.8. The van der Waals surface area contributed by atoms with Gasteiger partial charge in [0.1, 0.15) is 12.4 Å². The molecule has 0 aliphatic carbocycles. The van der Waals surface area contributed by atoms with Crippen LogP contribution in [-0.4, -0.2) is 5.11 Å². The molecule has 0 heterocycles. The van der Waals surface area contributed by atoms with Crippen LogP contribution in [0, 0.1) is 11.3 Å². The first kappa shape index (κ1) is 15.7. The largest absolute Gasteiger partial charge is 0.488 e. The summed E-state index contributed by atoms with van der Waals surface area (Å²) in [6.07, 6.45) is -0.685. The molecule has 0 fully saturated rings. The molecule has 21 heavy (non-hydrogen) atoms. The quantitative estimate of drug-likeness (QED) is 0.902. The van der Waals surface area contributed by atoms with Gasteiger partial charge in [0.2, 0.25) is 0 Å². The van der Waals surface area contributed by atoms with Crippen LogP contribution in [0.1, 0.15) is 29.7 Å². The van der Waals surface area contributed by atoms with E-state index in [9.17, 15) is 5.11 Å². The number of hydrogen-bond acceptors (Lipinski definition) is 3. The van der Waals surface area contributed by atoms with Crippen molar-refractivity contribution < 1.29 is 9.84 Å². The zero-order chi connectivity index (χ0) is 15.4. The van der Waals surface area contributed by atoms with E-state index in [0.29, 0.717) is 26.9 Å². The van der Waals surface area contributed by atoms with E-state index in [4.69, 9.17) is 33.2 Å². The molecule has 5 heteroatoms. The topological polar surface area (TPSA) is 53.2 Å². The predicted molar refractivity (Wildman–Crippen MR) is 82.6 cm³/mol. The SMILES string of the molecule is CC(O)c1cc(Cl)ccc1OCc1ccc(C#N)cc1Cl. The smallest absolute Gasteiger partial charge is 0.125 e. The third-order valence-electron chi connectivity index (χ3n) is 2.99. The maximum absolute atomic E-state index is 9.75. The molecule has 2 aromatic carbocycles. The second-order valence-electron chi connectivity index (χ2n) is 4.56. The summed E-state index contributed by atoms with van der Waals surface area (Å²) in [5.41, 5.74) is 1.88. The monoisotopic (exact) mass is 321 g/mol. The Morgan fingerprint density at radius 1 is 1.24 bits per heavy atom. The molecule has 0 saturated carbocycles. The number of rotatable bonds is 4. The van der Waals surface area contributed by atoms with E-state index in [2.05, 4.69) is 0 Å². The molecule has 3 nitrogen and oxygen atoms in total. The number of halogens is 2. The van der Waals surface area contributed by atoms with Crippen LogP contribution < -0.4 is 4.74 Å². The maximum atomic E-state index is 9.75. The summed E-state index contributed by atoms with van der Waals surface area (Å²) < 4.78 is 5.71. The zero-order valence-electron chi connectivity index (χ0n) is 11.3. The number of hydrogen-bond donors (Lipinski definition) is 1. The van der Waals surface area contributed by atoms with Crippen molar-refractivity contribution in [3.63, 3.8) is 0 Å². The second-order valence-corrected chi connectivity index (χ2v) is 5.41. The summed E-state index contributed by atoms with van der Waals surface area (Å²) in [5, 5.41) is 19.6. The molecular formula is C16H13Cl2NO2. The van der Waals surface area contributed by atoms with Crippen molar-refractivity contribution in [1.82, 2.24) is 0 Å². The Hall–Kier alpha value is -1.73. The van der Waals surface area contributed by atoms with E-state index in [1.807, 2.05) is 6.07 Å². The van der Waals surface area contributed by atoms with Gasteiger partial charge in [-0.3, -0.25) is 0 Å². The fraction of sp³-hybridized carbons (Fsp3) is 0.188. The van der Waals surface area contributed by atoms with E-state index in [1.165, 1.54) is 0 Å². The van der Waals surface area contributed by atoms with Crippen LogP contribution in [0.25, 0.3) is 0 Å². The van der Waals surface area contributed by atoms with Crippen LogP contribution in [-0.2, 0) is 6.61 Å². The van der Waals surface area contributed by atoms with Gasteiger partial charge in [-0.1, -0.05) is 29.3 Å². The maximum Gasteiger partial charge on any atom is 0.125 e. The van der Waals surface area contributed by atoms with E-state index in [1.54, 1.807) is 43.3 Å². The van der Waals surface area contributed by atoms with Gasteiger partial charge in [-0.25, -0.2) is 0 Å². The Balaban J connectivity index is 2.19. The van der Waals surface area contributed by atoms with Crippen LogP contribution in [0.3, 0.4) is 0 Å². The highest BCUT2D eigenvalue weighted by molar-refractivity contribution is 6.31. The first-order valence-corrected chi connectivity index (χ1v) is 7.05. The summed E-state index contributed by atoms with van der Waals surface area (Å²) in [6.45, 7) is 1.89. The Morgan fingerprint density at radius 3 is 2.62 bits per heavy atom. The van der Waals surface area contributed by atoms with Crippen LogP contribution in [0.2, 0.25) is 10.0 Å². The molecule has 0 saturated heterocycles. The van der Waals surface area contributed by atoms with Gasteiger partial charge in [-0.05, 0) is 37.3 Å². The molecule has 108 valence electrons. The number of ether oxygens (including phenoxy) is 1. The minimum Gasteiger partial charge on any atom is -0.488 e. The minimum absolute atomic E-state index is 0.242. The van der Waals surface area contributed by atoms with Crippen LogP contribution in [0.5, 0.6) is 5.75 Å². The van der Waals surface area contributed by atoms with Gasteiger partial charge in [0.25, 0.3) is 0 Å². The lowest BCUT2D eigenvalue weighted by Gasteiger charge is -2.14. The standard InChI is InChI=1S/C16H13Cl2NO2/c1-10(20)14-7-13(17)4-5-16(14)21-9-12-3-2-11(8-19)6-15(12)18/h2-7,10,20H,9H2,1H3. The molecule has 2 aromatic rings. The van der Waals surface area contributed by atoms with Crippen LogP contribution in [0.15, 0.2) is 36.4 Å². The number of aliphatic hydroxyl groups is 1. The first-order valence-electron chi connectivity index (χ1n) is 6.30. The third-order valence-corrected chi connectivity index (χ3v) is 3.57. The number of nitriles is 1. The molecule has 2 rings (SSSR count). The van der Waals surface area contributed by atoms with Gasteiger partial charge in [-0.2, -0.15) is 5.26 Å². The lowest BCUT2D eigenvalue weighted by molar-refractivity contribution is 0.190. The molecule has 0 aromatic heterocycles. The molecular weight excluding hydrogens is 309 g/mol. The first-order chi connectivity index (χ1) is 10.0. The number of aliphatic hydroxyl groups excluding tert-OH is 1. The third kappa shape index (κ3) is 3.89. The van der Waals surface area contributed by atoms with E-state index < -0.39 is 6.10 Å². The summed E-state index contributed by atoms with van der Waals surface area (Å²) in [6, 6.07) is 12.1. The van der Waals surface area contributed by atoms with Crippen molar-refractivity contribution in [3.05, 3.63) is 63.1 Å². The van der Waals surface area contributed by atoms with Gasteiger partial charge in [0.15, 0.2) is 0 Å². The van der Waals surface area contributed by atoms with Crippen molar-refractivity contribution in [2.24, 2.45) is 0 Å². The van der Waals surface area contributed by atoms with Gasteiger partial charge in [0.05, 0.1) is 17.7 Å². The lowest BCUT2D eigenvalue weighted by atomic mass is 10.1. The van der Waals surface area contributed by atoms with Crippen LogP contribution in [0.4, 0.5) is 0 Å². The summed E-state index contributed by atoms with van der Waals surface area (Å²) in [5.74, 6) is 0.551. The van der Waals surface area contributed by atoms with Gasteiger partial charge >= 0.3 is 0 Å². The average Bonchev–Trinajstić information content (AvgIpc) is 2.46. The summed E-state index contributed by atoms with van der Waals surface area (Å²) in [7, 11) is 0. The predicted octanol–water partition coefficient (Wildman–Crippen LogP) is 4.50. The molecule has 0 amide bonds. The fourth-order valence-corrected chi connectivity index (χ4v) is 2.28. The minimum atomic E-state index is -0.685. The molecule has 1 unspecified atom stereocenters. The fourth-order valence-electron chi connectivity index (χ4n) is 1.87.